The number of carbonyl (C=O) groups is 2. The van der Waals surface area contributed by atoms with E-state index >= 15 is 0 Å². The minimum absolute atomic E-state index is 0.267. The van der Waals surface area contributed by atoms with Crippen molar-refractivity contribution in [3.05, 3.63) is 77.9 Å². The fourth-order valence-electron chi connectivity index (χ4n) is 4.42. The molecule has 0 atom stereocenters. The molecular weight excluding hydrogens is 504 g/mol. The highest BCUT2D eigenvalue weighted by Crippen LogP contribution is 2.29. The zero-order valence-electron chi connectivity index (χ0n) is 24.2. The molecule has 7 heteroatoms. The molecule has 1 amide bonds. The summed E-state index contributed by atoms with van der Waals surface area (Å²) in [5, 5.41) is 2.93. The van der Waals surface area contributed by atoms with Gasteiger partial charge in [0.2, 0.25) is 0 Å². The Morgan fingerprint density at radius 2 is 1.50 bits per heavy atom. The van der Waals surface area contributed by atoms with Crippen molar-refractivity contribution >= 4 is 17.6 Å². The van der Waals surface area contributed by atoms with Crippen LogP contribution in [0.15, 0.2) is 66.7 Å². The first kappa shape index (κ1) is 30.7. The van der Waals surface area contributed by atoms with E-state index in [-0.39, 0.29) is 5.56 Å². The summed E-state index contributed by atoms with van der Waals surface area (Å²) < 4.78 is 17.0. The Morgan fingerprint density at radius 1 is 0.750 bits per heavy atom. The molecule has 3 aromatic carbocycles. The Morgan fingerprint density at radius 3 is 2.17 bits per heavy atom. The Kier molecular flexibility index (Phi) is 12.5. The smallest absolute Gasteiger partial charge is 0.339 e. The molecule has 3 rings (SSSR count). The summed E-state index contributed by atoms with van der Waals surface area (Å²) >= 11 is 0. The average Bonchev–Trinajstić information content (AvgIpc) is 2.98. The van der Waals surface area contributed by atoms with Gasteiger partial charge >= 0.3 is 5.97 Å². The summed E-state index contributed by atoms with van der Waals surface area (Å²) in [6.45, 7) is 10.3. The summed E-state index contributed by atoms with van der Waals surface area (Å²) in [5.41, 5.74) is 2.80. The van der Waals surface area contributed by atoms with Gasteiger partial charge in [0.05, 0.1) is 30.5 Å². The number of hydrogen-bond donors (Lipinski definition) is 1. The van der Waals surface area contributed by atoms with Gasteiger partial charge in [-0.05, 0) is 73.8 Å². The number of carbonyl (C=O) groups excluding carboxylic acids is 2. The molecular formula is C33H42N2O5. The Bertz CT molecular complexity index is 1220. The molecule has 3 aromatic rings. The van der Waals surface area contributed by atoms with Crippen LogP contribution in [0.3, 0.4) is 0 Å². The third-order valence-electron chi connectivity index (χ3n) is 6.49. The summed E-state index contributed by atoms with van der Waals surface area (Å²) in [6, 6.07) is 20.4. The molecule has 1 N–H and O–H groups in total. The summed E-state index contributed by atoms with van der Waals surface area (Å²) in [4.78, 5) is 28.6. The van der Waals surface area contributed by atoms with Crippen molar-refractivity contribution in [3.8, 4) is 22.6 Å². The maximum Gasteiger partial charge on any atom is 0.339 e. The summed E-state index contributed by atoms with van der Waals surface area (Å²) in [5.74, 6) is 0.129. The quantitative estimate of drug-likeness (QED) is 0.153. The number of anilines is 1. The zero-order valence-corrected chi connectivity index (χ0v) is 24.2. The molecule has 0 spiro atoms. The number of ether oxygens (including phenoxy) is 3. The van der Waals surface area contributed by atoms with E-state index in [0.29, 0.717) is 36.0 Å². The third-order valence-corrected chi connectivity index (χ3v) is 6.49. The largest absolute Gasteiger partial charge is 0.493 e. The molecule has 7 nitrogen and oxygen atoms in total. The molecule has 0 aliphatic carbocycles. The highest BCUT2D eigenvalue weighted by atomic mass is 16.5. The van der Waals surface area contributed by atoms with E-state index in [1.807, 2.05) is 42.5 Å². The molecule has 0 saturated carbocycles. The number of hydrogen-bond acceptors (Lipinski definition) is 6. The molecule has 0 unspecified atom stereocenters. The standard InChI is InChI=1S/C33H42N2O5/c1-5-8-21-40-31-17-15-27(39-22-20-35(18-6-2)19-7-3)24-29(31)32(36)34-30-23-26(25-12-10-9-11-13-25)14-16-28(30)33(37)38-4/h9-17,23-24H,5-8,18-22H2,1-4H3,(H,34,36). The van der Waals surface area contributed by atoms with E-state index in [0.717, 1.165) is 56.4 Å². The Labute approximate surface area is 238 Å². The lowest BCUT2D eigenvalue weighted by Crippen LogP contribution is -2.30. The first-order valence-electron chi connectivity index (χ1n) is 14.2. The molecule has 0 radical (unpaired) electrons. The van der Waals surface area contributed by atoms with E-state index in [9.17, 15) is 9.59 Å². The van der Waals surface area contributed by atoms with E-state index in [1.54, 1.807) is 24.3 Å². The number of benzene rings is 3. The van der Waals surface area contributed by atoms with Crippen LogP contribution in [0, 0.1) is 0 Å². The summed E-state index contributed by atoms with van der Waals surface area (Å²) in [6.07, 6.45) is 4.03. The molecule has 214 valence electrons. The van der Waals surface area contributed by atoms with Gasteiger partial charge in [0.1, 0.15) is 18.1 Å². The fraction of sp³-hybridized carbons (Fsp3) is 0.394. The number of amides is 1. The van der Waals surface area contributed by atoms with E-state index in [1.165, 1.54) is 7.11 Å². The van der Waals surface area contributed by atoms with Crippen molar-refractivity contribution in [1.29, 1.82) is 0 Å². The van der Waals surface area contributed by atoms with Crippen molar-refractivity contribution in [1.82, 2.24) is 4.90 Å². The van der Waals surface area contributed by atoms with Crippen LogP contribution in [0.4, 0.5) is 5.69 Å². The van der Waals surface area contributed by atoms with Gasteiger partial charge in [-0.25, -0.2) is 4.79 Å². The lowest BCUT2D eigenvalue weighted by molar-refractivity contribution is 0.0602. The first-order valence-corrected chi connectivity index (χ1v) is 14.2. The van der Waals surface area contributed by atoms with Crippen molar-refractivity contribution in [2.75, 3.05) is 45.3 Å². The Balaban J connectivity index is 1.88. The monoisotopic (exact) mass is 546 g/mol. The normalized spacial score (nSPS) is 10.8. The second-order valence-electron chi connectivity index (χ2n) is 9.62. The van der Waals surface area contributed by atoms with Crippen LogP contribution in [0.5, 0.6) is 11.5 Å². The van der Waals surface area contributed by atoms with Crippen molar-refractivity contribution in [2.45, 2.75) is 46.5 Å². The SMILES string of the molecule is CCCCOc1ccc(OCCN(CCC)CCC)cc1C(=O)Nc1cc(-c2ccccc2)ccc1C(=O)OC. The zero-order chi connectivity index (χ0) is 28.7. The molecule has 0 heterocycles. The topological polar surface area (TPSA) is 77.1 Å². The predicted octanol–water partition coefficient (Wildman–Crippen LogP) is 7.07. The van der Waals surface area contributed by atoms with Crippen LogP contribution in [0.25, 0.3) is 11.1 Å². The highest BCUT2D eigenvalue weighted by Gasteiger charge is 2.20. The fourth-order valence-corrected chi connectivity index (χ4v) is 4.42. The van der Waals surface area contributed by atoms with Crippen LogP contribution in [0.2, 0.25) is 0 Å². The van der Waals surface area contributed by atoms with E-state index < -0.39 is 11.9 Å². The van der Waals surface area contributed by atoms with Crippen molar-refractivity contribution in [3.63, 3.8) is 0 Å². The number of esters is 1. The van der Waals surface area contributed by atoms with Crippen LogP contribution < -0.4 is 14.8 Å². The first-order chi connectivity index (χ1) is 19.5. The number of methoxy groups -OCH3 is 1. The summed E-state index contributed by atoms with van der Waals surface area (Å²) in [7, 11) is 1.32. The van der Waals surface area contributed by atoms with Gasteiger partial charge < -0.3 is 19.5 Å². The lowest BCUT2D eigenvalue weighted by atomic mass is 10.0. The van der Waals surface area contributed by atoms with Gasteiger partial charge in [0, 0.05) is 6.54 Å². The van der Waals surface area contributed by atoms with Crippen LogP contribution >= 0.6 is 0 Å². The van der Waals surface area contributed by atoms with Gasteiger partial charge in [-0.2, -0.15) is 0 Å². The van der Waals surface area contributed by atoms with Gasteiger partial charge in [0.25, 0.3) is 5.91 Å². The van der Waals surface area contributed by atoms with E-state index in [4.69, 9.17) is 14.2 Å². The molecule has 40 heavy (non-hydrogen) atoms. The highest BCUT2D eigenvalue weighted by molar-refractivity contribution is 6.10. The van der Waals surface area contributed by atoms with Crippen LogP contribution in [-0.4, -0.2) is 56.7 Å². The molecule has 0 saturated heterocycles. The average molecular weight is 547 g/mol. The van der Waals surface area contributed by atoms with Crippen molar-refractivity contribution < 1.29 is 23.8 Å². The number of nitrogens with one attached hydrogen (secondary N) is 1. The van der Waals surface area contributed by atoms with Gasteiger partial charge in [-0.15, -0.1) is 0 Å². The molecule has 0 aromatic heterocycles. The maximum absolute atomic E-state index is 13.7. The minimum atomic E-state index is -0.532. The molecule has 0 aliphatic rings. The van der Waals surface area contributed by atoms with E-state index in [2.05, 4.69) is 31.0 Å². The number of unbranched alkanes of at least 4 members (excludes halogenated alkanes) is 1. The van der Waals surface area contributed by atoms with Crippen LogP contribution in [-0.2, 0) is 4.74 Å². The third kappa shape index (κ3) is 8.85. The van der Waals surface area contributed by atoms with Crippen molar-refractivity contribution in [2.24, 2.45) is 0 Å². The second-order valence-corrected chi connectivity index (χ2v) is 9.62. The predicted molar refractivity (Wildman–Crippen MR) is 161 cm³/mol. The molecule has 0 fully saturated rings. The molecule has 0 aliphatic heterocycles. The van der Waals surface area contributed by atoms with Crippen LogP contribution in [0.1, 0.15) is 67.2 Å². The number of nitrogens with zero attached hydrogens (tertiary/aromatic N) is 1. The van der Waals surface area contributed by atoms with Gasteiger partial charge in [-0.1, -0.05) is 63.6 Å². The molecule has 0 bridgehead atoms. The van der Waals surface area contributed by atoms with Gasteiger partial charge in [0.15, 0.2) is 0 Å². The second kappa shape index (κ2) is 16.3. The van der Waals surface area contributed by atoms with Gasteiger partial charge in [-0.3, -0.25) is 9.69 Å². The maximum atomic E-state index is 13.7. The minimum Gasteiger partial charge on any atom is -0.493 e. The lowest BCUT2D eigenvalue weighted by Gasteiger charge is -2.21. The Hall–Kier alpha value is -3.84. The number of rotatable bonds is 16.